The van der Waals surface area contributed by atoms with Gasteiger partial charge in [-0.2, -0.15) is 0 Å². The molecule has 128 valence electrons. The molecule has 0 fully saturated rings. The quantitative estimate of drug-likeness (QED) is 0.528. The normalized spacial score (nSPS) is 10.5. The lowest BCUT2D eigenvalue weighted by atomic mass is 10.2. The molecule has 1 aromatic carbocycles. The lowest BCUT2D eigenvalue weighted by Gasteiger charge is -2.12. The van der Waals surface area contributed by atoms with Crippen molar-refractivity contribution in [3.8, 4) is 16.5 Å². The van der Waals surface area contributed by atoms with Crippen LogP contribution >= 0.6 is 23.1 Å². The number of nitrogens with zero attached hydrogens (tertiary/aromatic N) is 2. The molecule has 1 amide bonds. The van der Waals surface area contributed by atoms with Gasteiger partial charge in [0, 0.05) is 11.8 Å². The van der Waals surface area contributed by atoms with Crippen LogP contribution in [0.15, 0.2) is 46.8 Å². The highest BCUT2D eigenvalue weighted by Gasteiger charge is 2.19. The molecule has 0 aliphatic heterocycles. The number of anilines is 1. The monoisotopic (exact) mass is 371 g/mol. The Hall–Kier alpha value is -2.38. The number of amides is 1. The molecule has 0 radical (unpaired) electrons. The highest BCUT2D eigenvalue weighted by atomic mass is 32.2. The number of methoxy groups -OCH3 is 1. The highest BCUT2D eigenvalue weighted by Crippen LogP contribution is 2.28. The Morgan fingerprint density at radius 1 is 1.24 bits per heavy atom. The number of thiophene rings is 1. The number of aryl methyl sites for hydroxylation is 1. The van der Waals surface area contributed by atoms with Crippen molar-refractivity contribution in [3.63, 3.8) is 0 Å². The first kappa shape index (κ1) is 17.4. The number of nitrogens with one attached hydrogen (secondary N) is 1. The fraction of sp³-hybridized carbons (Fsp3) is 0.167. The molecule has 25 heavy (non-hydrogen) atoms. The van der Waals surface area contributed by atoms with Crippen LogP contribution in [0.3, 0.4) is 0 Å². The topological polar surface area (TPSA) is 64.1 Å². The summed E-state index contributed by atoms with van der Waals surface area (Å²) in [6, 6.07) is 11.2. The van der Waals surface area contributed by atoms with Gasteiger partial charge in [-0.1, -0.05) is 12.1 Å². The summed E-state index contributed by atoms with van der Waals surface area (Å²) in [6.07, 6.45) is 1.91. The third-order valence-electron chi connectivity index (χ3n) is 3.55. The Balaban J connectivity index is 1.94. The third-order valence-corrected chi connectivity index (χ3v) is 5.09. The van der Waals surface area contributed by atoms with Gasteiger partial charge in [0.1, 0.15) is 10.8 Å². The molecule has 0 atom stereocenters. The van der Waals surface area contributed by atoms with Gasteiger partial charge in [-0.3, -0.25) is 4.79 Å². The van der Waals surface area contributed by atoms with E-state index in [2.05, 4.69) is 15.3 Å². The minimum absolute atomic E-state index is 0.229. The van der Waals surface area contributed by atoms with Gasteiger partial charge in [0.2, 0.25) is 0 Å². The molecule has 0 aliphatic carbocycles. The van der Waals surface area contributed by atoms with E-state index < -0.39 is 0 Å². The predicted molar refractivity (Wildman–Crippen MR) is 103 cm³/mol. The van der Waals surface area contributed by atoms with Crippen molar-refractivity contribution in [2.75, 3.05) is 18.7 Å². The fourth-order valence-electron chi connectivity index (χ4n) is 2.37. The van der Waals surface area contributed by atoms with E-state index in [4.69, 9.17) is 4.74 Å². The number of carbonyl (C=O) groups excluding carboxylic acids is 1. The van der Waals surface area contributed by atoms with E-state index in [0.717, 1.165) is 4.88 Å². The summed E-state index contributed by atoms with van der Waals surface area (Å²) in [5, 5.41) is 5.54. The maximum absolute atomic E-state index is 12.8. The van der Waals surface area contributed by atoms with Gasteiger partial charge in [0.15, 0.2) is 5.82 Å². The Bertz CT molecular complexity index is 895. The van der Waals surface area contributed by atoms with Gasteiger partial charge in [0.25, 0.3) is 5.91 Å². The molecule has 0 aliphatic rings. The molecule has 3 aromatic rings. The molecule has 0 bridgehead atoms. The summed E-state index contributed by atoms with van der Waals surface area (Å²) in [5.41, 5.74) is 1.82. The van der Waals surface area contributed by atoms with Crippen molar-refractivity contribution in [2.24, 2.45) is 0 Å². The smallest absolute Gasteiger partial charge is 0.260 e. The zero-order chi connectivity index (χ0) is 17.8. The summed E-state index contributed by atoms with van der Waals surface area (Å²) in [5.74, 6) is 1.10. The maximum Gasteiger partial charge on any atom is 0.260 e. The van der Waals surface area contributed by atoms with Crippen molar-refractivity contribution in [1.29, 1.82) is 0 Å². The number of thioether (sulfide) groups is 1. The largest absolute Gasteiger partial charge is 0.497 e. The van der Waals surface area contributed by atoms with Crippen molar-refractivity contribution in [3.05, 3.63) is 53.0 Å². The van der Waals surface area contributed by atoms with Crippen LogP contribution in [0, 0.1) is 6.92 Å². The number of carbonyl (C=O) groups is 1. The predicted octanol–water partition coefficient (Wildman–Crippen LogP) is 4.50. The molecule has 1 N–H and O–H groups in total. The summed E-state index contributed by atoms with van der Waals surface area (Å²) in [4.78, 5) is 22.8. The highest BCUT2D eigenvalue weighted by molar-refractivity contribution is 7.98. The van der Waals surface area contributed by atoms with E-state index in [1.165, 1.54) is 11.8 Å². The Morgan fingerprint density at radius 3 is 2.76 bits per heavy atom. The van der Waals surface area contributed by atoms with Gasteiger partial charge in [-0.15, -0.1) is 23.1 Å². The first-order chi connectivity index (χ1) is 12.1. The van der Waals surface area contributed by atoms with Gasteiger partial charge < -0.3 is 10.1 Å². The molecular weight excluding hydrogens is 354 g/mol. The Morgan fingerprint density at radius 2 is 2.08 bits per heavy atom. The number of hydrogen-bond donors (Lipinski definition) is 1. The second-order valence-electron chi connectivity index (χ2n) is 5.18. The van der Waals surface area contributed by atoms with Crippen LogP contribution in [0.2, 0.25) is 0 Å². The summed E-state index contributed by atoms with van der Waals surface area (Å²) in [6.45, 7) is 1.83. The van der Waals surface area contributed by atoms with Crippen molar-refractivity contribution >= 4 is 34.7 Å². The van der Waals surface area contributed by atoms with Gasteiger partial charge in [-0.05, 0) is 36.8 Å². The number of hydrogen-bond acceptors (Lipinski definition) is 6. The minimum Gasteiger partial charge on any atom is -0.497 e. The van der Waals surface area contributed by atoms with E-state index >= 15 is 0 Å². The molecule has 2 heterocycles. The molecule has 0 saturated heterocycles. The zero-order valence-electron chi connectivity index (χ0n) is 14.1. The van der Waals surface area contributed by atoms with Crippen LogP contribution in [0.1, 0.15) is 16.1 Å². The molecule has 0 spiro atoms. The molecule has 7 heteroatoms. The van der Waals surface area contributed by atoms with Gasteiger partial charge in [0.05, 0.1) is 23.2 Å². The first-order valence-electron chi connectivity index (χ1n) is 7.54. The zero-order valence-corrected chi connectivity index (χ0v) is 15.7. The van der Waals surface area contributed by atoms with Crippen LogP contribution in [-0.2, 0) is 0 Å². The molecule has 0 saturated carbocycles. The molecular formula is C18H17N3O2S2. The standard InChI is InChI=1S/C18H17N3O2S2/c1-11-15(17(22)20-12-6-4-7-13(10-12)23-2)18(24-3)21-16(19-11)14-8-5-9-25-14/h4-10H,1-3H3,(H,20,22). The van der Waals surface area contributed by atoms with Crippen LogP contribution < -0.4 is 10.1 Å². The van der Waals surface area contributed by atoms with E-state index in [1.807, 2.05) is 48.9 Å². The van der Waals surface area contributed by atoms with Crippen molar-refractivity contribution < 1.29 is 9.53 Å². The van der Waals surface area contributed by atoms with Gasteiger partial charge >= 0.3 is 0 Å². The summed E-state index contributed by atoms with van der Waals surface area (Å²) >= 11 is 3.01. The second-order valence-corrected chi connectivity index (χ2v) is 6.92. The minimum atomic E-state index is -0.229. The average Bonchev–Trinajstić information content (AvgIpc) is 3.15. The fourth-order valence-corrected chi connectivity index (χ4v) is 3.65. The Labute approximate surface area is 154 Å². The number of ether oxygens (including phenoxy) is 1. The van der Waals surface area contributed by atoms with Crippen LogP contribution in [0.4, 0.5) is 5.69 Å². The summed E-state index contributed by atoms with van der Waals surface area (Å²) in [7, 11) is 1.59. The third kappa shape index (κ3) is 3.83. The van der Waals surface area contributed by atoms with Crippen molar-refractivity contribution in [1.82, 2.24) is 9.97 Å². The van der Waals surface area contributed by atoms with Gasteiger partial charge in [-0.25, -0.2) is 9.97 Å². The van der Waals surface area contributed by atoms with E-state index in [0.29, 0.717) is 33.5 Å². The molecule has 0 unspecified atom stereocenters. The van der Waals surface area contributed by atoms with E-state index in [-0.39, 0.29) is 5.91 Å². The first-order valence-corrected chi connectivity index (χ1v) is 9.64. The molecule has 3 rings (SSSR count). The van der Waals surface area contributed by atoms with Crippen LogP contribution in [0.5, 0.6) is 5.75 Å². The van der Waals surface area contributed by atoms with E-state index in [9.17, 15) is 4.79 Å². The number of benzene rings is 1. The van der Waals surface area contributed by atoms with Crippen molar-refractivity contribution in [2.45, 2.75) is 11.9 Å². The number of rotatable bonds is 5. The number of aromatic nitrogens is 2. The second kappa shape index (κ2) is 7.67. The Kier molecular flexibility index (Phi) is 5.35. The lowest BCUT2D eigenvalue weighted by molar-refractivity contribution is 0.102. The van der Waals surface area contributed by atoms with Crippen LogP contribution in [0.25, 0.3) is 10.7 Å². The molecule has 5 nitrogen and oxygen atoms in total. The lowest BCUT2D eigenvalue weighted by Crippen LogP contribution is -2.16. The maximum atomic E-state index is 12.8. The SMILES string of the molecule is COc1cccc(NC(=O)c2c(C)nc(-c3cccs3)nc2SC)c1. The van der Waals surface area contributed by atoms with Crippen LogP contribution in [-0.4, -0.2) is 29.2 Å². The molecule has 2 aromatic heterocycles. The van der Waals surface area contributed by atoms with E-state index in [1.54, 1.807) is 24.5 Å². The summed E-state index contributed by atoms with van der Waals surface area (Å²) < 4.78 is 5.19. The average molecular weight is 371 g/mol.